The zero-order valence-electron chi connectivity index (χ0n) is 12.3. The summed E-state index contributed by atoms with van der Waals surface area (Å²) in [5.74, 6) is 1.75. The van der Waals surface area contributed by atoms with Crippen LogP contribution in [0, 0.1) is 19.8 Å². The molecule has 3 heteroatoms. The Bertz CT molecular complexity index is 375. The zero-order valence-corrected chi connectivity index (χ0v) is 12.3. The van der Waals surface area contributed by atoms with Gasteiger partial charge in [-0.3, -0.25) is 4.98 Å². The van der Waals surface area contributed by atoms with Crippen LogP contribution in [0.2, 0.25) is 0 Å². The fraction of sp³-hybridized carbons (Fsp3) is 0.667. The van der Waals surface area contributed by atoms with Crippen LogP contribution in [0.4, 0.5) is 0 Å². The molecule has 1 aromatic rings. The second kappa shape index (κ2) is 7.37. The number of hydrogen-bond acceptors (Lipinski definition) is 3. The molecule has 1 heterocycles. The first-order chi connectivity index (χ1) is 8.56. The van der Waals surface area contributed by atoms with Crippen molar-refractivity contribution in [2.24, 2.45) is 5.92 Å². The van der Waals surface area contributed by atoms with Gasteiger partial charge in [0.1, 0.15) is 5.75 Å². The van der Waals surface area contributed by atoms with Gasteiger partial charge in [0, 0.05) is 23.9 Å². The van der Waals surface area contributed by atoms with Gasteiger partial charge in [-0.25, -0.2) is 0 Å². The number of nitrogens with one attached hydrogen (secondary N) is 1. The number of hydrogen-bond donors (Lipinski definition) is 1. The van der Waals surface area contributed by atoms with E-state index in [0.29, 0.717) is 0 Å². The van der Waals surface area contributed by atoms with E-state index in [4.69, 9.17) is 4.74 Å². The largest absolute Gasteiger partial charge is 0.496 e. The number of aryl methyl sites for hydroxylation is 1. The molecule has 0 aliphatic heterocycles. The fourth-order valence-electron chi connectivity index (χ4n) is 2.09. The van der Waals surface area contributed by atoms with Gasteiger partial charge in [0.05, 0.1) is 12.8 Å². The SMILES string of the molecule is COc1c(C)cnc(CNCCCC(C)C)c1C. The minimum absolute atomic E-state index is 0.783. The van der Waals surface area contributed by atoms with Gasteiger partial charge >= 0.3 is 0 Å². The molecule has 18 heavy (non-hydrogen) atoms. The van der Waals surface area contributed by atoms with E-state index in [1.807, 2.05) is 13.1 Å². The van der Waals surface area contributed by atoms with Crippen molar-refractivity contribution in [3.8, 4) is 5.75 Å². The molecule has 1 N–H and O–H groups in total. The van der Waals surface area contributed by atoms with Crippen molar-refractivity contribution >= 4 is 0 Å². The summed E-state index contributed by atoms with van der Waals surface area (Å²) in [5.41, 5.74) is 3.33. The van der Waals surface area contributed by atoms with Crippen LogP contribution < -0.4 is 10.1 Å². The van der Waals surface area contributed by atoms with Gasteiger partial charge in [-0.15, -0.1) is 0 Å². The number of aromatic nitrogens is 1. The molecule has 0 aliphatic carbocycles. The summed E-state index contributed by atoms with van der Waals surface area (Å²) >= 11 is 0. The van der Waals surface area contributed by atoms with Crippen LogP contribution in [0.1, 0.15) is 43.5 Å². The lowest BCUT2D eigenvalue weighted by Crippen LogP contribution is -2.17. The van der Waals surface area contributed by atoms with E-state index in [9.17, 15) is 0 Å². The minimum atomic E-state index is 0.783. The first kappa shape index (κ1) is 15.0. The minimum Gasteiger partial charge on any atom is -0.496 e. The van der Waals surface area contributed by atoms with Crippen molar-refractivity contribution in [2.75, 3.05) is 13.7 Å². The summed E-state index contributed by atoms with van der Waals surface area (Å²) in [5, 5.41) is 3.45. The smallest absolute Gasteiger partial charge is 0.128 e. The van der Waals surface area contributed by atoms with Gasteiger partial charge in [0.15, 0.2) is 0 Å². The summed E-state index contributed by atoms with van der Waals surface area (Å²) < 4.78 is 5.41. The molecule has 1 aromatic heterocycles. The molecule has 0 fully saturated rings. The molecular formula is C15H26N2O. The van der Waals surface area contributed by atoms with Crippen LogP contribution in [0.25, 0.3) is 0 Å². The molecule has 0 aromatic carbocycles. The Hall–Kier alpha value is -1.09. The molecule has 0 unspecified atom stereocenters. The fourth-order valence-corrected chi connectivity index (χ4v) is 2.09. The van der Waals surface area contributed by atoms with Crippen LogP contribution in [0.15, 0.2) is 6.20 Å². The van der Waals surface area contributed by atoms with E-state index in [1.165, 1.54) is 12.8 Å². The summed E-state index contributed by atoms with van der Waals surface area (Å²) in [6, 6.07) is 0. The van der Waals surface area contributed by atoms with E-state index in [0.717, 1.165) is 41.6 Å². The highest BCUT2D eigenvalue weighted by Crippen LogP contribution is 2.23. The van der Waals surface area contributed by atoms with Gasteiger partial charge in [0.25, 0.3) is 0 Å². The van der Waals surface area contributed by atoms with Crippen molar-refractivity contribution in [2.45, 2.75) is 47.1 Å². The van der Waals surface area contributed by atoms with Crippen LogP contribution in [-0.2, 0) is 6.54 Å². The molecule has 0 aliphatic rings. The van der Waals surface area contributed by atoms with Crippen molar-refractivity contribution < 1.29 is 4.74 Å². The third-order valence-corrected chi connectivity index (χ3v) is 3.18. The average Bonchev–Trinajstić information content (AvgIpc) is 2.31. The lowest BCUT2D eigenvalue weighted by Gasteiger charge is -2.13. The van der Waals surface area contributed by atoms with Crippen molar-refractivity contribution in [1.82, 2.24) is 10.3 Å². The number of rotatable bonds is 7. The van der Waals surface area contributed by atoms with Crippen molar-refractivity contribution in [3.05, 3.63) is 23.0 Å². The Kier molecular flexibility index (Phi) is 6.13. The first-order valence-corrected chi connectivity index (χ1v) is 6.76. The second-order valence-corrected chi connectivity index (χ2v) is 5.26. The molecule has 0 spiro atoms. The second-order valence-electron chi connectivity index (χ2n) is 5.26. The van der Waals surface area contributed by atoms with Crippen LogP contribution in [-0.4, -0.2) is 18.6 Å². The highest BCUT2D eigenvalue weighted by molar-refractivity contribution is 5.40. The molecule has 0 amide bonds. The molecule has 0 saturated heterocycles. The normalized spacial score (nSPS) is 11.0. The molecule has 0 saturated carbocycles. The van der Waals surface area contributed by atoms with Crippen LogP contribution in [0.5, 0.6) is 5.75 Å². The van der Waals surface area contributed by atoms with Crippen LogP contribution >= 0.6 is 0 Å². The van der Waals surface area contributed by atoms with Gasteiger partial charge in [0.2, 0.25) is 0 Å². The molecular weight excluding hydrogens is 224 g/mol. The Morgan fingerprint density at radius 1 is 1.33 bits per heavy atom. The Morgan fingerprint density at radius 2 is 2.06 bits per heavy atom. The average molecular weight is 250 g/mol. The van der Waals surface area contributed by atoms with Crippen LogP contribution in [0.3, 0.4) is 0 Å². The number of methoxy groups -OCH3 is 1. The Labute approximate surface area is 111 Å². The summed E-state index contributed by atoms with van der Waals surface area (Å²) in [4.78, 5) is 4.48. The van der Waals surface area contributed by atoms with E-state index in [1.54, 1.807) is 7.11 Å². The maximum atomic E-state index is 5.41. The number of pyridine rings is 1. The number of nitrogens with zero attached hydrogens (tertiary/aromatic N) is 1. The third-order valence-electron chi connectivity index (χ3n) is 3.18. The summed E-state index contributed by atoms with van der Waals surface area (Å²) in [6.07, 6.45) is 4.38. The van der Waals surface area contributed by atoms with E-state index < -0.39 is 0 Å². The van der Waals surface area contributed by atoms with E-state index in [2.05, 4.69) is 31.1 Å². The lowest BCUT2D eigenvalue weighted by molar-refractivity contribution is 0.406. The summed E-state index contributed by atoms with van der Waals surface area (Å²) in [7, 11) is 1.72. The molecule has 0 bridgehead atoms. The molecule has 0 atom stereocenters. The predicted molar refractivity (Wildman–Crippen MR) is 76.0 cm³/mol. The highest BCUT2D eigenvalue weighted by atomic mass is 16.5. The van der Waals surface area contributed by atoms with Crippen molar-refractivity contribution in [1.29, 1.82) is 0 Å². The van der Waals surface area contributed by atoms with Gasteiger partial charge in [-0.05, 0) is 39.2 Å². The van der Waals surface area contributed by atoms with Crippen molar-refractivity contribution in [3.63, 3.8) is 0 Å². The number of ether oxygens (including phenoxy) is 1. The highest BCUT2D eigenvalue weighted by Gasteiger charge is 2.08. The zero-order chi connectivity index (χ0) is 13.5. The summed E-state index contributed by atoms with van der Waals surface area (Å²) in [6.45, 7) is 10.5. The molecule has 102 valence electrons. The quantitative estimate of drug-likeness (QED) is 0.754. The molecule has 0 radical (unpaired) electrons. The lowest BCUT2D eigenvalue weighted by atomic mass is 10.1. The predicted octanol–water partition coefficient (Wildman–Crippen LogP) is 3.23. The third kappa shape index (κ3) is 4.30. The maximum absolute atomic E-state index is 5.41. The topological polar surface area (TPSA) is 34.1 Å². The van der Waals surface area contributed by atoms with Gasteiger partial charge in [-0.2, -0.15) is 0 Å². The van der Waals surface area contributed by atoms with Gasteiger partial charge in [-0.1, -0.05) is 13.8 Å². The standard InChI is InChI=1S/C15H26N2O/c1-11(2)7-6-8-16-10-14-13(4)15(18-5)12(3)9-17-14/h9,11,16H,6-8,10H2,1-5H3. The molecule has 1 rings (SSSR count). The maximum Gasteiger partial charge on any atom is 0.128 e. The first-order valence-electron chi connectivity index (χ1n) is 6.76. The Morgan fingerprint density at radius 3 is 2.67 bits per heavy atom. The Balaban J connectivity index is 2.48. The van der Waals surface area contributed by atoms with E-state index in [-0.39, 0.29) is 0 Å². The molecule has 3 nitrogen and oxygen atoms in total. The van der Waals surface area contributed by atoms with Gasteiger partial charge < -0.3 is 10.1 Å². The monoisotopic (exact) mass is 250 g/mol. The van der Waals surface area contributed by atoms with E-state index >= 15 is 0 Å².